The molecule has 5 atom stereocenters. The van der Waals surface area contributed by atoms with Crippen LogP contribution in [0.3, 0.4) is 0 Å². The molecule has 188 valence electrons. The van der Waals surface area contributed by atoms with Crippen molar-refractivity contribution >= 4 is 0 Å². The van der Waals surface area contributed by atoms with E-state index in [1.54, 1.807) is 5.57 Å². The second-order valence-electron chi connectivity index (χ2n) is 11.3. The Hall–Kier alpha value is -1.38. The third kappa shape index (κ3) is 8.68. The lowest BCUT2D eigenvalue weighted by molar-refractivity contribution is 0.0714. The van der Waals surface area contributed by atoms with Crippen molar-refractivity contribution in [2.24, 2.45) is 17.8 Å². The quantitative estimate of drug-likeness (QED) is 0.340. The molecule has 0 aromatic carbocycles. The number of hydrogen-bond donors (Lipinski definition) is 0. The minimum Gasteiger partial charge on any atom is -0.303 e. The Morgan fingerprint density at radius 2 is 1.26 bits per heavy atom. The maximum absolute atomic E-state index is 2.80. The fraction of sp³-hybridized carbons (Fsp3) is 0.688. The van der Waals surface area contributed by atoms with E-state index >= 15 is 0 Å². The van der Waals surface area contributed by atoms with Crippen molar-refractivity contribution in [3.63, 3.8) is 0 Å². The van der Waals surface area contributed by atoms with Crippen LogP contribution in [0.4, 0.5) is 0 Å². The Morgan fingerprint density at radius 3 is 2.06 bits per heavy atom. The summed E-state index contributed by atoms with van der Waals surface area (Å²) in [5.74, 6) is 2.53. The second kappa shape index (κ2) is 14.9. The number of allylic oxidation sites excluding steroid dienone is 6. The molecule has 0 radical (unpaired) electrons. The smallest absolute Gasteiger partial charge is 0.0193 e. The topological polar surface area (TPSA) is 6.48 Å². The molecular weight excluding hydrogens is 412 g/mol. The van der Waals surface area contributed by atoms with Crippen molar-refractivity contribution in [2.75, 3.05) is 39.3 Å². The molecule has 34 heavy (non-hydrogen) atoms. The monoisotopic (exact) mass is 462 g/mol. The summed E-state index contributed by atoms with van der Waals surface area (Å²) in [6, 6.07) is 0. The van der Waals surface area contributed by atoms with Crippen LogP contribution in [0.2, 0.25) is 0 Å². The van der Waals surface area contributed by atoms with Crippen LogP contribution in [0, 0.1) is 17.8 Å². The number of rotatable bonds is 0. The number of nitrogens with zero attached hydrogens (tertiary/aromatic N) is 2. The van der Waals surface area contributed by atoms with Crippen LogP contribution >= 0.6 is 0 Å². The molecule has 0 saturated carbocycles. The summed E-state index contributed by atoms with van der Waals surface area (Å²) in [7, 11) is 0. The Morgan fingerprint density at radius 1 is 0.588 bits per heavy atom. The summed E-state index contributed by atoms with van der Waals surface area (Å²) < 4.78 is 0. The first kappa shape index (κ1) is 25.7. The highest BCUT2D eigenvalue weighted by Crippen LogP contribution is 2.37. The lowest BCUT2D eigenvalue weighted by atomic mass is 9.72. The van der Waals surface area contributed by atoms with Gasteiger partial charge in [-0.25, -0.2) is 0 Å². The van der Waals surface area contributed by atoms with E-state index in [1.807, 2.05) is 0 Å². The van der Waals surface area contributed by atoms with E-state index in [1.165, 1.54) is 123 Å². The second-order valence-corrected chi connectivity index (χ2v) is 11.3. The summed E-state index contributed by atoms with van der Waals surface area (Å²) >= 11 is 0. The van der Waals surface area contributed by atoms with Crippen LogP contribution in [-0.2, 0) is 0 Å². The average molecular weight is 463 g/mol. The average Bonchev–Trinajstić information content (AvgIpc) is 2.85. The molecule has 5 heterocycles. The highest BCUT2D eigenvalue weighted by Gasteiger charge is 2.35. The molecule has 6 bridgehead atoms. The van der Waals surface area contributed by atoms with Crippen LogP contribution < -0.4 is 0 Å². The van der Waals surface area contributed by atoms with Gasteiger partial charge in [0.1, 0.15) is 0 Å². The van der Waals surface area contributed by atoms with Crippen LogP contribution in [0.25, 0.3) is 0 Å². The summed E-state index contributed by atoms with van der Waals surface area (Å²) in [4.78, 5) is 5.59. The van der Waals surface area contributed by atoms with E-state index in [4.69, 9.17) is 0 Å². The molecule has 0 spiro atoms. The Kier molecular flexibility index (Phi) is 11.3. The molecule has 5 aliphatic rings. The molecule has 2 nitrogen and oxygen atoms in total. The lowest BCUT2D eigenvalue weighted by Gasteiger charge is -2.44. The van der Waals surface area contributed by atoms with Crippen LogP contribution in [0.1, 0.15) is 83.5 Å². The van der Waals surface area contributed by atoms with E-state index in [-0.39, 0.29) is 0 Å². The predicted octanol–water partition coefficient (Wildman–Crippen LogP) is 7.72. The zero-order valence-corrected chi connectivity index (χ0v) is 21.8. The van der Waals surface area contributed by atoms with Gasteiger partial charge in [-0.2, -0.15) is 0 Å². The third-order valence-electron chi connectivity index (χ3n) is 8.58. The zero-order chi connectivity index (χ0) is 23.3. The Balaban J connectivity index is 1.52. The molecule has 0 N–H and O–H groups in total. The van der Waals surface area contributed by atoms with E-state index in [0.717, 1.165) is 17.8 Å². The molecule has 1 saturated heterocycles. The van der Waals surface area contributed by atoms with Crippen molar-refractivity contribution in [2.45, 2.75) is 83.5 Å². The van der Waals surface area contributed by atoms with Crippen molar-refractivity contribution in [3.8, 4) is 0 Å². The molecule has 5 rings (SSSR count). The maximum Gasteiger partial charge on any atom is 0.0193 e. The number of hydrogen-bond acceptors (Lipinski definition) is 2. The van der Waals surface area contributed by atoms with Gasteiger partial charge in [0.05, 0.1) is 0 Å². The van der Waals surface area contributed by atoms with Gasteiger partial charge in [0.25, 0.3) is 0 Å². The van der Waals surface area contributed by atoms with Gasteiger partial charge in [0.2, 0.25) is 0 Å². The molecule has 2 unspecified atom stereocenters. The molecule has 1 fully saturated rings. The molecule has 0 aromatic heterocycles. The summed E-state index contributed by atoms with van der Waals surface area (Å²) in [5.41, 5.74) is 1.74. The van der Waals surface area contributed by atoms with Crippen molar-refractivity contribution in [1.82, 2.24) is 9.80 Å². The highest BCUT2D eigenvalue weighted by atomic mass is 15.1. The van der Waals surface area contributed by atoms with Gasteiger partial charge >= 0.3 is 0 Å². The van der Waals surface area contributed by atoms with Crippen molar-refractivity contribution in [3.05, 3.63) is 60.3 Å². The fourth-order valence-corrected chi connectivity index (χ4v) is 6.70. The van der Waals surface area contributed by atoms with Gasteiger partial charge in [-0.1, -0.05) is 79.5 Å². The minimum absolute atomic E-state index is 0.769. The van der Waals surface area contributed by atoms with Gasteiger partial charge < -0.3 is 4.90 Å². The first-order valence-corrected chi connectivity index (χ1v) is 14.7. The predicted molar refractivity (Wildman–Crippen MR) is 148 cm³/mol. The van der Waals surface area contributed by atoms with Gasteiger partial charge in [-0.05, 0) is 88.5 Å². The largest absolute Gasteiger partial charge is 0.303 e. The fourth-order valence-electron chi connectivity index (χ4n) is 6.70. The molecule has 2 heteroatoms. The van der Waals surface area contributed by atoms with E-state index < -0.39 is 0 Å². The Labute approximate surface area is 210 Å². The standard InChI is InChI=1S/C32H50N2/c1-2-5-10-14-18-23-34-26-29-19-15-11-7-4-6-9-13-17-22-33-24-21-32(31(25-29)28-34)30(27-33)20-16-12-8-3-1/h2,4-6,9-10,13-14,25,30-32H,1,3,7-8,11-12,15-24,26-28H2/b5-2-,6-4-,13-9-,14-10-/t30-,31+,32+/m1/s1. The molecule has 0 amide bonds. The van der Waals surface area contributed by atoms with E-state index in [0.29, 0.717) is 0 Å². The summed E-state index contributed by atoms with van der Waals surface area (Å²) in [6.07, 6.45) is 38.7. The number of piperidine rings is 1. The lowest BCUT2D eigenvalue weighted by Crippen LogP contribution is -2.47. The van der Waals surface area contributed by atoms with Gasteiger partial charge in [0.15, 0.2) is 0 Å². The SMILES string of the molecule is C1=C2CCCC/C=C\C=C/CCN3CC[C@H]4[C@H](CCCCCC/C=C\C=C/CCN(C2)C[C@H]14)C3. The van der Waals surface area contributed by atoms with Crippen LogP contribution in [0.5, 0.6) is 0 Å². The van der Waals surface area contributed by atoms with Crippen molar-refractivity contribution < 1.29 is 0 Å². The normalized spacial score (nSPS) is 38.4. The van der Waals surface area contributed by atoms with Gasteiger partial charge in [-0.3, -0.25) is 4.90 Å². The van der Waals surface area contributed by atoms with E-state index in [9.17, 15) is 0 Å². The van der Waals surface area contributed by atoms with E-state index in [2.05, 4.69) is 64.5 Å². The molecule has 5 aliphatic heterocycles. The summed E-state index contributed by atoms with van der Waals surface area (Å²) in [6.45, 7) is 7.60. The Bertz CT molecular complexity index is 727. The van der Waals surface area contributed by atoms with Gasteiger partial charge in [0, 0.05) is 32.7 Å². The maximum atomic E-state index is 2.80. The summed E-state index contributed by atoms with van der Waals surface area (Å²) in [5, 5.41) is 0. The van der Waals surface area contributed by atoms with Crippen LogP contribution in [0.15, 0.2) is 60.3 Å². The third-order valence-corrected chi connectivity index (χ3v) is 8.58. The number of fused-ring (bicyclic) bond motifs is 9. The molecular formula is C32H50N2. The first-order valence-electron chi connectivity index (χ1n) is 14.7. The first-order chi connectivity index (χ1) is 16.9. The zero-order valence-electron chi connectivity index (χ0n) is 21.8. The van der Waals surface area contributed by atoms with Gasteiger partial charge in [-0.15, -0.1) is 0 Å². The molecule has 0 aliphatic carbocycles. The van der Waals surface area contributed by atoms with Crippen molar-refractivity contribution in [1.29, 1.82) is 0 Å². The highest BCUT2D eigenvalue weighted by molar-refractivity contribution is 5.14. The minimum atomic E-state index is 0.769. The molecule has 0 aromatic rings. The van der Waals surface area contributed by atoms with Crippen LogP contribution in [-0.4, -0.2) is 49.1 Å².